The predicted octanol–water partition coefficient (Wildman–Crippen LogP) is 6.21. The van der Waals surface area contributed by atoms with E-state index in [2.05, 4.69) is 33.0 Å². The zero-order valence-electron chi connectivity index (χ0n) is 25.4. The highest BCUT2D eigenvalue weighted by atomic mass is 16.5. The summed E-state index contributed by atoms with van der Waals surface area (Å²) in [7, 11) is 0. The monoisotopic (exact) mass is 616 g/mol. The minimum atomic E-state index is -1.39. The van der Waals surface area contributed by atoms with Crippen LogP contribution in [0.5, 0.6) is 5.75 Å². The summed E-state index contributed by atoms with van der Waals surface area (Å²) in [6.45, 7) is 0.610. The fourth-order valence-electron chi connectivity index (χ4n) is 5.55. The molecule has 4 aromatic carbocycles. The van der Waals surface area contributed by atoms with Crippen molar-refractivity contribution < 1.29 is 19.4 Å². The summed E-state index contributed by atoms with van der Waals surface area (Å²) in [6, 6.07) is 33.4. The summed E-state index contributed by atoms with van der Waals surface area (Å²) < 4.78 is 12.4. The first-order chi connectivity index (χ1) is 22.6. The van der Waals surface area contributed by atoms with Gasteiger partial charge in [-0.15, -0.1) is 0 Å². The molecule has 0 saturated heterocycles. The van der Waals surface area contributed by atoms with Gasteiger partial charge in [0.2, 0.25) is 5.90 Å². The molecule has 0 aromatic heterocycles. The first-order valence-electron chi connectivity index (χ1n) is 15.5. The third kappa shape index (κ3) is 7.05. The van der Waals surface area contributed by atoms with Crippen LogP contribution >= 0.6 is 0 Å². The highest BCUT2D eigenvalue weighted by Crippen LogP contribution is 2.43. The molecule has 234 valence electrons. The molecule has 2 atom stereocenters. The van der Waals surface area contributed by atoms with Crippen molar-refractivity contribution in [3.8, 4) is 16.9 Å². The van der Waals surface area contributed by atoms with Crippen LogP contribution in [0.15, 0.2) is 113 Å². The molecule has 2 aliphatic rings. The fourth-order valence-corrected chi connectivity index (χ4v) is 5.55. The van der Waals surface area contributed by atoms with Crippen molar-refractivity contribution in [3.63, 3.8) is 0 Å². The van der Waals surface area contributed by atoms with Gasteiger partial charge in [-0.3, -0.25) is 10.2 Å². The number of rotatable bonds is 14. The summed E-state index contributed by atoms with van der Waals surface area (Å²) in [5, 5.41) is 12.9. The largest absolute Gasteiger partial charge is 0.494 e. The van der Waals surface area contributed by atoms with Crippen LogP contribution in [0.4, 0.5) is 0 Å². The number of nitrogens with one attached hydrogen (secondary N) is 2. The molecule has 1 aliphatic heterocycles. The summed E-state index contributed by atoms with van der Waals surface area (Å²) in [6.07, 6.45) is 1.96. The van der Waals surface area contributed by atoms with E-state index in [9.17, 15) is 4.79 Å². The van der Waals surface area contributed by atoms with Gasteiger partial charge in [0.05, 0.1) is 13.2 Å². The Morgan fingerprint density at radius 3 is 2.30 bits per heavy atom. The van der Waals surface area contributed by atoms with Crippen LogP contribution in [0.25, 0.3) is 21.6 Å². The van der Waals surface area contributed by atoms with Crippen LogP contribution in [0, 0.1) is 0 Å². The van der Waals surface area contributed by atoms with E-state index in [1.807, 2.05) is 91.0 Å². The summed E-state index contributed by atoms with van der Waals surface area (Å²) in [4.78, 5) is 22.5. The number of hydrogen-bond acceptors (Lipinski definition) is 7. The van der Waals surface area contributed by atoms with Crippen molar-refractivity contribution in [2.24, 2.45) is 10.1 Å². The number of carbonyl (C=O) groups is 1. The average molecular weight is 617 g/mol. The number of benzene rings is 4. The number of amides is 1. The van der Waals surface area contributed by atoms with Crippen LogP contribution in [-0.2, 0) is 22.5 Å². The molecule has 10 heteroatoms. The maximum Gasteiger partial charge on any atom is 0.266 e. The van der Waals surface area contributed by atoms with Crippen molar-refractivity contribution in [3.05, 3.63) is 136 Å². The van der Waals surface area contributed by atoms with Gasteiger partial charge in [-0.1, -0.05) is 84.0 Å². The van der Waals surface area contributed by atoms with E-state index in [4.69, 9.17) is 25.1 Å². The molecular formula is C36H36N6O4. The molecule has 46 heavy (non-hydrogen) atoms. The lowest BCUT2D eigenvalue weighted by Crippen LogP contribution is -2.54. The van der Waals surface area contributed by atoms with Gasteiger partial charge in [-0.25, -0.2) is 10.4 Å². The number of carbonyl (C=O) groups excluding carboxylic acids is 1. The van der Waals surface area contributed by atoms with Gasteiger partial charge in [0.15, 0.2) is 11.6 Å². The normalized spacial score (nSPS) is 18.6. The molecule has 1 saturated carbocycles. The van der Waals surface area contributed by atoms with Crippen LogP contribution in [0.1, 0.15) is 47.6 Å². The second-order valence-electron chi connectivity index (χ2n) is 11.5. The van der Waals surface area contributed by atoms with Crippen molar-refractivity contribution in [2.75, 3.05) is 13.2 Å². The van der Waals surface area contributed by atoms with E-state index in [0.29, 0.717) is 30.2 Å². The van der Waals surface area contributed by atoms with Gasteiger partial charge in [0.1, 0.15) is 5.75 Å². The van der Waals surface area contributed by atoms with Crippen molar-refractivity contribution in [2.45, 2.75) is 49.9 Å². The molecule has 1 fully saturated rings. The molecule has 0 bridgehead atoms. The predicted molar refractivity (Wildman–Crippen MR) is 176 cm³/mol. The number of hydrazine groups is 1. The van der Waals surface area contributed by atoms with Gasteiger partial charge >= 0.3 is 0 Å². The van der Waals surface area contributed by atoms with Crippen molar-refractivity contribution in [1.82, 2.24) is 10.9 Å². The van der Waals surface area contributed by atoms with Crippen LogP contribution < -0.4 is 15.6 Å². The average Bonchev–Trinajstić information content (AvgIpc) is 3.86. The summed E-state index contributed by atoms with van der Waals surface area (Å²) in [5.41, 5.74) is 19.0. The van der Waals surface area contributed by atoms with Gasteiger partial charge in [-0.2, -0.15) is 0 Å². The Labute approximate surface area is 267 Å². The minimum Gasteiger partial charge on any atom is -0.494 e. The van der Waals surface area contributed by atoms with Gasteiger partial charge in [0.25, 0.3) is 5.91 Å². The molecule has 1 heterocycles. The molecular weight excluding hydrogens is 580 g/mol. The van der Waals surface area contributed by atoms with Crippen LogP contribution in [0.2, 0.25) is 0 Å². The molecule has 0 spiro atoms. The Bertz CT molecular complexity index is 1720. The molecule has 6 rings (SSSR count). The number of aliphatic hydroxyl groups excluding tert-OH is 1. The molecule has 0 radical (unpaired) electrons. The Kier molecular flexibility index (Phi) is 9.59. The zero-order chi connectivity index (χ0) is 31.8. The van der Waals surface area contributed by atoms with E-state index in [0.717, 1.165) is 40.7 Å². The second kappa shape index (κ2) is 14.3. The van der Waals surface area contributed by atoms with Crippen molar-refractivity contribution >= 4 is 11.8 Å². The zero-order valence-corrected chi connectivity index (χ0v) is 25.4. The Hall–Kier alpha value is -5.15. The smallest absolute Gasteiger partial charge is 0.266 e. The topological polar surface area (TPSA) is 141 Å². The lowest BCUT2D eigenvalue weighted by molar-refractivity contribution is -0.130. The fraction of sp³-hybridized carbons (Fsp3) is 0.278. The van der Waals surface area contributed by atoms with E-state index in [1.54, 1.807) is 0 Å². The first kappa shape index (κ1) is 30.9. The maximum absolute atomic E-state index is 14.4. The van der Waals surface area contributed by atoms with E-state index < -0.39 is 11.6 Å². The Balaban J connectivity index is 1.42. The molecule has 10 nitrogen and oxygen atoms in total. The summed E-state index contributed by atoms with van der Waals surface area (Å²) in [5.74, 6) is 0.690. The number of azide groups is 1. The number of aliphatic imine (C=N–C) groups is 1. The summed E-state index contributed by atoms with van der Waals surface area (Å²) >= 11 is 0. The molecule has 1 aliphatic carbocycles. The lowest BCUT2D eigenvalue weighted by Gasteiger charge is -2.31. The Morgan fingerprint density at radius 1 is 0.935 bits per heavy atom. The van der Waals surface area contributed by atoms with E-state index in [-0.39, 0.29) is 31.5 Å². The number of hydrogen-bond donors (Lipinski definition) is 3. The second-order valence-corrected chi connectivity index (χ2v) is 11.5. The molecule has 0 unspecified atom stereocenters. The van der Waals surface area contributed by atoms with Gasteiger partial charge in [-0.05, 0) is 70.5 Å². The lowest BCUT2D eigenvalue weighted by atomic mass is 9.80. The highest BCUT2D eigenvalue weighted by Gasteiger charge is 2.53. The minimum absolute atomic E-state index is 0.0577. The van der Waals surface area contributed by atoms with Crippen molar-refractivity contribution in [1.29, 1.82) is 0 Å². The van der Waals surface area contributed by atoms with Crippen LogP contribution in [0.3, 0.4) is 0 Å². The molecule has 1 amide bonds. The number of aliphatic hydroxyl groups is 1. The quantitative estimate of drug-likeness (QED) is 0.0508. The van der Waals surface area contributed by atoms with Gasteiger partial charge in [0, 0.05) is 36.0 Å². The highest BCUT2D eigenvalue weighted by molar-refractivity contribution is 6.01. The van der Waals surface area contributed by atoms with E-state index >= 15 is 0 Å². The standard InChI is InChI=1S/C36H36N6O4/c37-42-38-24-30-10-5-4-9-29(30)23-36(35(44)41-40-31-17-18-31)33(27-13-11-26(12-14-27)25-7-2-1-3-8-25)46-34(39-36)28-15-19-32(20-16-28)45-22-6-21-43/h1-5,7-16,19-20,31,33,40,43H,6,17-18,21-24H2,(H,41,44)/t33-,36-/m0/s1. The number of nitrogens with zero attached hydrogens (tertiary/aromatic N) is 4. The molecule has 3 N–H and O–H groups in total. The first-order valence-corrected chi connectivity index (χ1v) is 15.5. The van der Waals surface area contributed by atoms with Gasteiger partial charge < -0.3 is 14.6 Å². The van der Waals surface area contributed by atoms with Crippen LogP contribution in [-0.4, -0.2) is 41.7 Å². The molecule has 4 aromatic rings. The van der Waals surface area contributed by atoms with E-state index in [1.165, 1.54) is 0 Å². The number of ether oxygens (including phenoxy) is 2. The SMILES string of the molecule is [N-]=[N+]=NCc1ccccc1C[C@]1(C(=O)NNC2CC2)N=C(c2ccc(OCCCO)cc2)O[C@H]1c1ccc(-c2ccccc2)cc1. The third-order valence-electron chi connectivity index (χ3n) is 8.20. The third-order valence-corrected chi connectivity index (χ3v) is 8.20. The maximum atomic E-state index is 14.4. The Morgan fingerprint density at radius 2 is 1.61 bits per heavy atom.